The first-order chi connectivity index (χ1) is 11.3. The lowest BCUT2D eigenvalue weighted by Gasteiger charge is -2.11. The number of nitrogens with zero attached hydrogens (tertiary/aromatic N) is 2. The maximum atomic E-state index is 12.5. The van der Waals surface area contributed by atoms with Crippen LogP contribution in [0, 0.1) is 6.92 Å². The van der Waals surface area contributed by atoms with Gasteiger partial charge in [0.25, 0.3) is 11.8 Å². The van der Waals surface area contributed by atoms with Gasteiger partial charge in [-0.1, -0.05) is 0 Å². The molecule has 0 radical (unpaired) electrons. The lowest BCUT2D eigenvalue weighted by atomic mass is 10.2. The van der Waals surface area contributed by atoms with Crippen LogP contribution in [0.1, 0.15) is 40.4 Å². The van der Waals surface area contributed by atoms with E-state index in [1.807, 2.05) is 13.8 Å². The van der Waals surface area contributed by atoms with Crippen LogP contribution in [0.15, 0.2) is 24.3 Å². The topological polar surface area (TPSA) is 85.2 Å². The van der Waals surface area contributed by atoms with E-state index < -0.39 is 0 Å². The monoisotopic (exact) mass is 330 g/mol. The van der Waals surface area contributed by atoms with Crippen molar-refractivity contribution in [3.8, 4) is 5.75 Å². The van der Waals surface area contributed by atoms with Gasteiger partial charge in [0.1, 0.15) is 11.4 Å². The Morgan fingerprint density at radius 2 is 1.79 bits per heavy atom. The van der Waals surface area contributed by atoms with Gasteiger partial charge in [0.05, 0.1) is 17.5 Å². The van der Waals surface area contributed by atoms with Crippen molar-refractivity contribution in [3.63, 3.8) is 0 Å². The molecular formula is C17H22N4O3. The van der Waals surface area contributed by atoms with Crippen molar-refractivity contribution >= 4 is 17.5 Å². The third kappa shape index (κ3) is 3.73. The van der Waals surface area contributed by atoms with E-state index in [0.717, 1.165) is 0 Å². The fourth-order valence-electron chi connectivity index (χ4n) is 2.33. The molecule has 0 spiro atoms. The summed E-state index contributed by atoms with van der Waals surface area (Å²) in [5.74, 6) is 0.0755. The Hall–Kier alpha value is -2.83. The maximum Gasteiger partial charge on any atom is 0.271 e. The summed E-state index contributed by atoms with van der Waals surface area (Å²) in [7, 11) is 3.19. The smallest absolute Gasteiger partial charge is 0.271 e. The molecule has 0 saturated heterocycles. The molecule has 128 valence electrons. The Morgan fingerprint density at radius 3 is 2.33 bits per heavy atom. The van der Waals surface area contributed by atoms with Crippen LogP contribution in [0.25, 0.3) is 0 Å². The van der Waals surface area contributed by atoms with Crippen molar-refractivity contribution < 1.29 is 14.3 Å². The number of anilines is 1. The highest BCUT2D eigenvalue weighted by Gasteiger charge is 2.21. The van der Waals surface area contributed by atoms with Gasteiger partial charge in [-0.15, -0.1) is 0 Å². The molecule has 0 fully saturated rings. The van der Waals surface area contributed by atoms with Gasteiger partial charge in [0.15, 0.2) is 0 Å². The fraction of sp³-hybridized carbons (Fsp3) is 0.353. The number of nitrogens with one attached hydrogen (secondary N) is 2. The molecular weight excluding hydrogens is 308 g/mol. The second kappa shape index (κ2) is 7.16. The molecule has 2 rings (SSSR count). The third-order valence-corrected chi connectivity index (χ3v) is 3.39. The first kappa shape index (κ1) is 17.5. The average molecular weight is 330 g/mol. The molecule has 2 amide bonds. The minimum Gasteiger partial charge on any atom is -0.491 e. The van der Waals surface area contributed by atoms with Crippen LogP contribution in [0.4, 0.5) is 5.69 Å². The molecule has 7 nitrogen and oxygen atoms in total. The molecule has 0 atom stereocenters. The first-order valence-corrected chi connectivity index (χ1v) is 7.67. The third-order valence-electron chi connectivity index (χ3n) is 3.39. The molecule has 0 aliphatic heterocycles. The molecule has 0 bridgehead atoms. The van der Waals surface area contributed by atoms with Gasteiger partial charge >= 0.3 is 0 Å². The van der Waals surface area contributed by atoms with Crippen molar-refractivity contribution in [3.05, 3.63) is 41.2 Å². The summed E-state index contributed by atoms with van der Waals surface area (Å²) < 4.78 is 7.00. The van der Waals surface area contributed by atoms with Crippen molar-refractivity contribution in [2.45, 2.75) is 26.9 Å². The highest BCUT2D eigenvalue weighted by atomic mass is 16.5. The molecule has 1 heterocycles. The number of rotatable bonds is 5. The van der Waals surface area contributed by atoms with Crippen LogP contribution in [-0.2, 0) is 7.05 Å². The number of hydrogen-bond acceptors (Lipinski definition) is 4. The molecule has 0 aliphatic rings. The van der Waals surface area contributed by atoms with Crippen LogP contribution in [0.2, 0.25) is 0 Å². The van der Waals surface area contributed by atoms with E-state index in [0.29, 0.717) is 28.4 Å². The van der Waals surface area contributed by atoms with Gasteiger partial charge in [-0.2, -0.15) is 5.10 Å². The van der Waals surface area contributed by atoms with Crippen molar-refractivity contribution in [1.82, 2.24) is 15.1 Å². The number of aromatic nitrogens is 2. The van der Waals surface area contributed by atoms with Crippen LogP contribution in [0.3, 0.4) is 0 Å². The predicted molar refractivity (Wildman–Crippen MR) is 91.5 cm³/mol. The Morgan fingerprint density at radius 1 is 1.17 bits per heavy atom. The van der Waals surface area contributed by atoms with Gasteiger partial charge in [-0.05, 0) is 45.0 Å². The number of carbonyl (C=O) groups is 2. The summed E-state index contributed by atoms with van der Waals surface area (Å²) in [6.07, 6.45) is 0.0674. The second-order valence-corrected chi connectivity index (χ2v) is 5.66. The standard InChI is InChI=1S/C17H22N4O3/c1-10(2)24-13-8-6-12(7-9-13)16(22)19-14-11(3)20-21(5)15(14)17(23)18-4/h6-10H,1-5H3,(H,18,23)(H,19,22). The Kier molecular flexibility index (Phi) is 5.23. The Labute approximate surface area is 141 Å². The molecule has 0 saturated carbocycles. The van der Waals surface area contributed by atoms with Gasteiger partial charge in [0, 0.05) is 19.7 Å². The fourth-order valence-corrected chi connectivity index (χ4v) is 2.33. The van der Waals surface area contributed by atoms with Crippen molar-refractivity contribution in [2.24, 2.45) is 7.05 Å². The quantitative estimate of drug-likeness (QED) is 0.879. The van der Waals surface area contributed by atoms with E-state index in [-0.39, 0.29) is 17.9 Å². The summed E-state index contributed by atoms with van der Waals surface area (Å²) >= 11 is 0. The number of carbonyl (C=O) groups excluding carboxylic acids is 2. The van der Waals surface area contributed by atoms with Crippen LogP contribution in [0.5, 0.6) is 5.75 Å². The molecule has 2 aromatic rings. The zero-order chi connectivity index (χ0) is 17.9. The summed E-state index contributed by atoms with van der Waals surface area (Å²) in [6.45, 7) is 5.61. The van der Waals surface area contributed by atoms with Crippen molar-refractivity contribution in [2.75, 3.05) is 12.4 Å². The number of aryl methyl sites for hydroxylation is 2. The molecule has 24 heavy (non-hydrogen) atoms. The highest BCUT2D eigenvalue weighted by molar-refractivity contribution is 6.08. The van der Waals surface area contributed by atoms with Gasteiger partial charge in [0.2, 0.25) is 0 Å². The first-order valence-electron chi connectivity index (χ1n) is 7.67. The number of benzene rings is 1. The molecule has 7 heteroatoms. The number of amides is 2. The summed E-state index contributed by atoms with van der Waals surface area (Å²) in [5, 5.41) is 9.51. The largest absolute Gasteiger partial charge is 0.491 e. The normalized spacial score (nSPS) is 10.6. The molecule has 1 aromatic carbocycles. The van der Waals surface area contributed by atoms with E-state index >= 15 is 0 Å². The van der Waals surface area contributed by atoms with Crippen LogP contribution >= 0.6 is 0 Å². The molecule has 1 aromatic heterocycles. The number of ether oxygens (including phenoxy) is 1. The molecule has 0 aliphatic carbocycles. The minimum absolute atomic E-state index is 0.0674. The summed E-state index contributed by atoms with van der Waals surface area (Å²) in [4.78, 5) is 24.4. The van der Waals surface area contributed by atoms with Crippen LogP contribution < -0.4 is 15.4 Å². The zero-order valence-corrected chi connectivity index (χ0v) is 14.5. The Balaban J connectivity index is 2.22. The lowest BCUT2D eigenvalue weighted by Crippen LogP contribution is -2.23. The second-order valence-electron chi connectivity index (χ2n) is 5.66. The SMILES string of the molecule is CNC(=O)c1c(NC(=O)c2ccc(OC(C)C)cc2)c(C)nn1C. The summed E-state index contributed by atoms with van der Waals surface area (Å²) in [6, 6.07) is 6.84. The molecule has 2 N–H and O–H groups in total. The van der Waals surface area contributed by atoms with E-state index in [4.69, 9.17) is 4.74 Å². The predicted octanol–water partition coefficient (Wildman–Crippen LogP) is 2.13. The molecule has 0 unspecified atom stereocenters. The van der Waals surface area contributed by atoms with Crippen molar-refractivity contribution in [1.29, 1.82) is 0 Å². The maximum absolute atomic E-state index is 12.5. The van der Waals surface area contributed by atoms with Crippen LogP contribution in [-0.4, -0.2) is 34.7 Å². The zero-order valence-electron chi connectivity index (χ0n) is 14.5. The minimum atomic E-state index is -0.313. The van der Waals surface area contributed by atoms with Gasteiger partial charge < -0.3 is 15.4 Å². The average Bonchev–Trinajstić information content (AvgIpc) is 2.80. The highest BCUT2D eigenvalue weighted by Crippen LogP contribution is 2.21. The number of hydrogen-bond donors (Lipinski definition) is 2. The van der Waals surface area contributed by atoms with E-state index in [1.54, 1.807) is 38.2 Å². The lowest BCUT2D eigenvalue weighted by molar-refractivity contribution is 0.0954. The Bertz CT molecular complexity index is 748. The summed E-state index contributed by atoms with van der Waals surface area (Å²) in [5.41, 5.74) is 1.76. The van der Waals surface area contributed by atoms with E-state index in [1.165, 1.54) is 11.7 Å². The van der Waals surface area contributed by atoms with Gasteiger partial charge in [-0.25, -0.2) is 0 Å². The van der Waals surface area contributed by atoms with E-state index in [2.05, 4.69) is 15.7 Å². The van der Waals surface area contributed by atoms with E-state index in [9.17, 15) is 9.59 Å². The van der Waals surface area contributed by atoms with Gasteiger partial charge in [-0.3, -0.25) is 14.3 Å².